The van der Waals surface area contributed by atoms with Gasteiger partial charge in [-0.25, -0.2) is 24.5 Å². The highest BCUT2D eigenvalue weighted by molar-refractivity contribution is 5.89. The molecule has 2 aliphatic heterocycles. The van der Waals surface area contributed by atoms with Crippen LogP contribution >= 0.6 is 0 Å². The van der Waals surface area contributed by atoms with E-state index in [9.17, 15) is 19.2 Å². The topological polar surface area (TPSA) is 188 Å². The lowest BCUT2D eigenvalue weighted by Crippen LogP contribution is -2.51. The fourth-order valence-electron chi connectivity index (χ4n) is 9.82. The summed E-state index contributed by atoms with van der Waals surface area (Å²) >= 11 is 0. The Morgan fingerprint density at radius 2 is 1.33 bits per heavy atom. The number of ether oxygens (including phenoxy) is 2. The fourth-order valence-corrected chi connectivity index (χ4v) is 9.82. The third-order valence-electron chi connectivity index (χ3n) is 13.1. The Morgan fingerprint density at radius 1 is 0.688 bits per heavy atom. The summed E-state index contributed by atoms with van der Waals surface area (Å²) in [5.41, 5.74) is 8.07. The minimum atomic E-state index is -0.888. The molecule has 3 aliphatic rings. The van der Waals surface area contributed by atoms with Crippen LogP contribution in [0.4, 0.5) is 9.59 Å². The van der Waals surface area contributed by atoms with Crippen LogP contribution in [0.2, 0.25) is 0 Å². The van der Waals surface area contributed by atoms with E-state index in [-0.39, 0.29) is 29.8 Å². The van der Waals surface area contributed by atoms with Gasteiger partial charge in [-0.3, -0.25) is 9.59 Å². The quantitative estimate of drug-likeness (QED) is 0.0993. The van der Waals surface area contributed by atoms with Crippen LogP contribution < -0.4 is 10.6 Å². The summed E-state index contributed by atoms with van der Waals surface area (Å²) in [4.78, 5) is 77.7. The predicted molar refractivity (Wildman–Crippen MR) is 240 cm³/mol. The summed E-state index contributed by atoms with van der Waals surface area (Å²) in [6, 6.07) is 23.7. The summed E-state index contributed by atoms with van der Waals surface area (Å²) in [5, 5.41) is 6.55. The molecule has 2 saturated heterocycles. The molecular weight excluding hydrogens is 811 g/mol. The third kappa shape index (κ3) is 8.53. The van der Waals surface area contributed by atoms with Crippen molar-refractivity contribution in [3.8, 4) is 33.8 Å². The van der Waals surface area contributed by atoms with E-state index in [0.29, 0.717) is 24.5 Å². The van der Waals surface area contributed by atoms with Crippen molar-refractivity contribution >= 4 is 34.9 Å². The molecular formula is C49H53N9O6. The molecule has 3 aromatic carbocycles. The van der Waals surface area contributed by atoms with Gasteiger partial charge in [-0.1, -0.05) is 67.4 Å². The van der Waals surface area contributed by atoms with Crippen LogP contribution in [-0.2, 0) is 19.1 Å². The monoisotopic (exact) mass is 863 g/mol. The van der Waals surface area contributed by atoms with Gasteiger partial charge in [0.15, 0.2) is 0 Å². The smallest absolute Gasteiger partial charge is 0.407 e. The number of hydrogen-bond donors (Lipinski definition) is 4. The second-order valence-electron chi connectivity index (χ2n) is 17.0. The van der Waals surface area contributed by atoms with E-state index in [2.05, 4.69) is 57.9 Å². The van der Waals surface area contributed by atoms with Crippen molar-refractivity contribution in [3.63, 3.8) is 0 Å². The molecule has 0 bridgehead atoms. The Hall–Kier alpha value is -7.03. The predicted octanol–water partition coefficient (Wildman–Crippen LogP) is 8.33. The number of benzene rings is 3. The molecule has 0 spiro atoms. The lowest BCUT2D eigenvalue weighted by atomic mass is 9.96. The summed E-state index contributed by atoms with van der Waals surface area (Å²) in [6.07, 6.45) is 9.51. The van der Waals surface area contributed by atoms with Gasteiger partial charge in [0.1, 0.15) is 23.7 Å². The highest BCUT2D eigenvalue weighted by atomic mass is 16.5. The van der Waals surface area contributed by atoms with Crippen molar-refractivity contribution in [2.45, 2.75) is 82.5 Å². The Bertz CT molecular complexity index is 2670. The first-order chi connectivity index (χ1) is 31.2. The first-order valence-electron chi connectivity index (χ1n) is 22.2. The lowest BCUT2D eigenvalue weighted by Gasteiger charge is -2.31. The Balaban J connectivity index is 0.885. The van der Waals surface area contributed by atoms with Gasteiger partial charge >= 0.3 is 12.2 Å². The molecule has 4 atom stereocenters. The van der Waals surface area contributed by atoms with Crippen molar-refractivity contribution in [3.05, 3.63) is 114 Å². The molecule has 3 fully saturated rings. The van der Waals surface area contributed by atoms with Crippen molar-refractivity contribution in [1.29, 1.82) is 0 Å². The summed E-state index contributed by atoms with van der Waals surface area (Å²) in [6.45, 7) is 3.22. The Labute approximate surface area is 371 Å². The molecule has 4 amide bonds. The number of likely N-dealkylation sites (tertiary alicyclic amines) is 2. The second kappa shape index (κ2) is 18.4. The van der Waals surface area contributed by atoms with E-state index in [4.69, 9.17) is 24.4 Å². The minimum Gasteiger partial charge on any atom is -0.453 e. The molecule has 0 radical (unpaired) electrons. The molecule has 64 heavy (non-hydrogen) atoms. The van der Waals surface area contributed by atoms with Crippen LogP contribution in [0.15, 0.2) is 91.3 Å². The highest BCUT2D eigenvalue weighted by Crippen LogP contribution is 2.37. The first-order valence-corrected chi connectivity index (χ1v) is 22.2. The van der Waals surface area contributed by atoms with Crippen molar-refractivity contribution in [2.24, 2.45) is 5.92 Å². The number of aryl methyl sites for hydroxylation is 1. The van der Waals surface area contributed by atoms with E-state index in [1.165, 1.54) is 14.2 Å². The van der Waals surface area contributed by atoms with E-state index < -0.39 is 24.3 Å². The van der Waals surface area contributed by atoms with Crippen LogP contribution in [0, 0.1) is 12.8 Å². The number of imidazole rings is 2. The number of hydrogen-bond acceptors (Lipinski definition) is 9. The Morgan fingerprint density at radius 3 is 2.02 bits per heavy atom. The third-order valence-corrected chi connectivity index (χ3v) is 13.1. The van der Waals surface area contributed by atoms with Gasteiger partial charge in [0.05, 0.1) is 61.3 Å². The van der Waals surface area contributed by atoms with Gasteiger partial charge in [-0.05, 0) is 86.8 Å². The first kappa shape index (κ1) is 42.3. The molecule has 9 rings (SSSR count). The van der Waals surface area contributed by atoms with Gasteiger partial charge in [-0.2, -0.15) is 0 Å². The van der Waals surface area contributed by atoms with Crippen LogP contribution in [0.1, 0.15) is 92.3 Å². The Kier molecular flexibility index (Phi) is 12.1. The average Bonchev–Trinajstić information content (AvgIpc) is 4.19. The number of fused-ring (bicyclic) bond motifs is 1. The molecule has 0 unspecified atom stereocenters. The average molecular weight is 864 g/mol. The standard InChI is InChI=1S/C49H53N9O6/c1-29-25-32(17-20-35(29)39-28-51-45(54-39)41-16-10-24-58(41)46(59)42(55-48(61)63-2)30-11-5-4-6-12-30)36-21-18-33-26-34(19-22-37(33)52-36)38-27-50-44(53-38)40-15-9-23-57(40)47(60)43(56-49(62)64-3)31-13-7-8-14-31/h4-6,11-12,17-22,25-28,31,40-43H,7-10,13-16,23-24H2,1-3H3,(H,50,53)(H,51,54)(H,55,61)(H,56,62)/t40-,41-,42+,43-/m0/s1. The number of nitrogens with zero attached hydrogens (tertiary/aromatic N) is 5. The second-order valence-corrected chi connectivity index (χ2v) is 17.0. The van der Waals surface area contributed by atoms with Gasteiger partial charge in [-0.15, -0.1) is 0 Å². The van der Waals surface area contributed by atoms with Gasteiger partial charge < -0.3 is 39.9 Å². The van der Waals surface area contributed by atoms with Crippen molar-refractivity contribution in [1.82, 2.24) is 45.4 Å². The maximum Gasteiger partial charge on any atom is 0.407 e. The number of alkyl carbamates (subject to hydrolysis) is 2. The van der Waals surface area contributed by atoms with Crippen molar-refractivity contribution < 1.29 is 28.7 Å². The van der Waals surface area contributed by atoms with Crippen LogP contribution in [0.3, 0.4) is 0 Å². The number of amides is 4. The van der Waals surface area contributed by atoms with Crippen LogP contribution in [-0.4, -0.2) is 92.1 Å². The molecule has 6 aromatic rings. The van der Waals surface area contributed by atoms with Crippen LogP contribution in [0.5, 0.6) is 0 Å². The van der Waals surface area contributed by atoms with Gasteiger partial charge in [0, 0.05) is 35.2 Å². The van der Waals surface area contributed by atoms with E-state index in [0.717, 1.165) is 107 Å². The highest BCUT2D eigenvalue weighted by Gasteiger charge is 2.41. The number of methoxy groups -OCH3 is 2. The molecule has 330 valence electrons. The van der Waals surface area contributed by atoms with Gasteiger partial charge in [0.2, 0.25) is 5.91 Å². The number of nitrogens with one attached hydrogen (secondary N) is 4. The number of H-pyrrole nitrogens is 2. The molecule has 5 heterocycles. The summed E-state index contributed by atoms with van der Waals surface area (Å²) in [7, 11) is 2.61. The molecule has 3 aromatic heterocycles. The van der Waals surface area contributed by atoms with E-state index in [1.54, 1.807) is 4.90 Å². The summed E-state index contributed by atoms with van der Waals surface area (Å²) < 4.78 is 9.73. The maximum atomic E-state index is 14.0. The molecule has 15 nitrogen and oxygen atoms in total. The maximum absolute atomic E-state index is 14.0. The van der Waals surface area contributed by atoms with Crippen molar-refractivity contribution in [2.75, 3.05) is 27.3 Å². The van der Waals surface area contributed by atoms with Gasteiger partial charge in [0.25, 0.3) is 5.91 Å². The SMILES string of the molecule is COC(=O)N[C@H](C(=O)N1CCC[C@H]1c1ncc(-c2ccc3nc(-c4ccc(-c5cnc([C@@H]6CCCN6C(=O)[C@H](NC(=O)OC)c6ccccc6)[nH]5)c(C)c4)ccc3c2)[nH]1)C1CCCC1. The number of aromatic nitrogens is 5. The number of pyridine rings is 1. The van der Waals surface area contributed by atoms with E-state index in [1.807, 2.05) is 65.8 Å². The molecule has 4 N–H and O–H groups in total. The minimum absolute atomic E-state index is 0.0720. The molecule has 1 saturated carbocycles. The zero-order chi connectivity index (χ0) is 44.3. The van der Waals surface area contributed by atoms with Crippen LogP contribution in [0.25, 0.3) is 44.7 Å². The summed E-state index contributed by atoms with van der Waals surface area (Å²) in [5.74, 6) is 1.25. The fraction of sp³-hybridized carbons (Fsp3) is 0.367. The number of carbonyl (C=O) groups is 4. The zero-order valence-electron chi connectivity index (χ0n) is 36.3. The molecule has 1 aliphatic carbocycles. The number of rotatable bonds is 11. The normalized spacial score (nSPS) is 18.5. The van der Waals surface area contributed by atoms with E-state index >= 15 is 0 Å². The zero-order valence-corrected chi connectivity index (χ0v) is 36.3. The largest absolute Gasteiger partial charge is 0.453 e. The number of aromatic amines is 2. The lowest BCUT2D eigenvalue weighted by molar-refractivity contribution is -0.136. The molecule has 15 heteroatoms. The number of carbonyl (C=O) groups excluding carboxylic acids is 4.